The lowest BCUT2D eigenvalue weighted by atomic mass is 10.0. The number of likely N-dealkylation sites (tertiary alicyclic amines) is 2. The summed E-state index contributed by atoms with van der Waals surface area (Å²) in [7, 11) is -3.85. The predicted octanol–water partition coefficient (Wildman–Crippen LogP) is 6.37. The first-order valence-corrected chi connectivity index (χ1v) is 18.0. The summed E-state index contributed by atoms with van der Waals surface area (Å²) < 4.78 is 40.8. The molecule has 12 heteroatoms. The molecular weight excluding hydrogens is 650 g/mol. The van der Waals surface area contributed by atoms with Crippen LogP contribution >= 0.6 is 23.2 Å². The SMILES string of the molecule is Cc1[nH]c(C=C2C(=O)Nc3ccc(S(=O)(=O)Cc4c(Cl)cccc4Cl)cc32)c(C)c1CC(=O)N1CCC[C@H]1CN1CCCC(F)C1. The summed E-state index contributed by atoms with van der Waals surface area (Å²) in [4.78, 5) is 34.1. The summed E-state index contributed by atoms with van der Waals surface area (Å²) in [5.74, 6) is -0.696. The number of aryl methyl sites for hydroxylation is 1. The number of hydrogen-bond donors (Lipinski definition) is 2. The Bertz CT molecular complexity index is 1820. The molecule has 6 rings (SSSR count). The quantitative estimate of drug-likeness (QED) is 0.268. The summed E-state index contributed by atoms with van der Waals surface area (Å²) >= 11 is 12.5. The van der Waals surface area contributed by atoms with E-state index < -0.39 is 16.0 Å². The summed E-state index contributed by atoms with van der Waals surface area (Å²) in [5.41, 5.74) is 4.84. The maximum absolute atomic E-state index is 14.0. The molecule has 2 saturated heterocycles. The summed E-state index contributed by atoms with van der Waals surface area (Å²) in [6.07, 6.45) is 4.44. The van der Waals surface area contributed by atoms with E-state index in [1.807, 2.05) is 18.7 Å². The number of sulfone groups is 1. The number of halogens is 3. The van der Waals surface area contributed by atoms with E-state index in [0.717, 1.165) is 42.6 Å². The van der Waals surface area contributed by atoms with Crippen LogP contribution in [-0.4, -0.2) is 73.4 Å². The smallest absolute Gasteiger partial charge is 0.256 e. The second-order valence-electron chi connectivity index (χ2n) is 12.5. The molecule has 8 nitrogen and oxygen atoms in total. The molecule has 0 aliphatic carbocycles. The number of nitrogens with zero attached hydrogens (tertiary/aromatic N) is 2. The Balaban J connectivity index is 1.22. The average molecular weight is 688 g/mol. The van der Waals surface area contributed by atoms with Crippen molar-refractivity contribution in [3.05, 3.63) is 80.1 Å². The number of carbonyl (C=O) groups is 2. The number of fused-ring (bicyclic) bond motifs is 1. The number of amides is 2. The van der Waals surface area contributed by atoms with Gasteiger partial charge >= 0.3 is 0 Å². The topological polar surface area (TPSA) is 103 Å². The zero-order valence-corrected chi connectivity index (χ0v) is 28.2. The molecule has 2 N–H and O–H groups in total. The van der Waals surface area contributed by atoms with E-state index in [1.165, 1.54) is 12.1 Å². The van der Waals surface area contributed by atoms with E-state index in [0.29, 0.717) is 54.1 Å². The summed E-state index contributed by atoms with van der Waals surface area (Å²) in [5, 5.41) is 3.34. The molecule has 0 bridgehead atoms. The van der Waals surface area contributed by atoms with E-state index in [1.54, 1.807) is 30.3 Å². The number of carbonyl (C=O) groups excluding carboxylic acids is 2. The molecule has 4 heterocycles. The Labute approximate surface area is 278 Å². The second-order valence-corrected chi connectivity index (χ2v) is 15.3. The Morgan fingerprint density at radius 3 is 2.54 bits per heavy atom. The maximum atomic E-state index is 14.0. The molecular formula is C34H37Cl2FN4O4S. The van der Waals surface area contributed by atoms with Crippen molar-refractivity contribution in [3.8, 4) is 0 Å². The van der Waals surface area contributed by atoms with Crippen LogP contribution < -0.4 is 5.32 Å². The van der Waals surface area contributed by atoms with Gasteiger partial charge in [-0.25, -0.2) is 12.8 Å². The van der Waals surface area contributed by atoms with E-state index in [4.69, 9.17) is 23.2 Å². The van der Waals surface area contributed by atoms with Gasteiger partial charge in [-0.05, 0) is 93.6 Å². The fourth-order valence-corrected chi connectivity index (χ4v) is 9.01. The van der Waals surface area contributed by atoms with Gasteiger partial charge in [0.1, 0.15) is 6.17 Å². The number of hydrogen-bond acceptors (Lipinski definition) is 5. The van der Waals surface area contributed by atoms with Crippen molar-refractivity contribution in [1.82, 2.24) is 14.8 Å². The number of piperidine rings is 1. The monoisotopic (exact) mass is 686 g/mol. The molecule has 1 aromatic heterocycles. The van der Waals surface area contributed by atoms with Gasteiger partial charge < -0.3 is 15.2 Å². The lowest BCUT2D eigenvalue weighted by Gasteiger charge is -2.34. The molecule has 3 aliphatic rings. The van der Waals surface area contributed by atoms with Gasteiger partial charge in [0, 0.05) is 63.9 Å². The number of anilines is 1. The zero-order valence-electron chi connectivity index (χ0n) is 25.8. The van der Waals surface area contributed by atoms with Crippen molar-refractivity contribution in [3.63, 3.8) is 0 Å². The molecule has 0 spiro atoms. The lowest BCUT2D eigenvalue weighted by molar-refractivity contribution is -0.131. The molecule has 46 heavy (non-hydrogen) atoms. The Hall–Kier alpha value is -3.18. The van der Waals surface area contributed by atoms with Gasteiger partial charge in [-0.2, -0.15) is 0 Å². The van der Waals surface area contributed by atoms with Crippen molar-refractivity contribution in [1.29, 1.82) is 0 Å². The van der Waals surface area contributed by atoms with Crippen LogP contribution in [-0.2, 0) is 31.6 Å². The number of nitrogens with one attached hydrogen (secondary N) is 2. The first-order valence-electron chi connectivity index (χ1n) is 15.6. The highest BCUT2D eigenvalue weighted by molar-refractivity contribution is 7.90. The van der Waals surface area contributed by atoms with Crippen LogP contribution in [0.4, 0.5) is 10.1 Å². The Kier molecular flexibility index (Phi) is 9.36. The van der Waals surface area contributed by atoms with E-state index in [-0.39, 0.29) is 45.0 Å². The van der Waals surface area contributed by atoms with Gasteiger partial charge in [0.05, 0.1) is 22.6 Å². The van der Waals surface area contributed by atoms with Gasteiger partial charge in [-0.15, -0.1) is 0 Å². The fraction of sp³-hybridized carbons (Fsp3) is 0.412. The molecule has 1 unspecified atom stereocenters. The summed E-state index contributed by atoms with van der Waals surface area (Å²) in [6.45, 7) is 6.52. The van der Waals surface area contributed by atoms with Gasteiger partial charge in [0.25, 0.3) is 5.91 Å². The second kappa shape index (κ2) is 13.1. The van der Waals surface area contributed by atoms with E-state index >= 15 is 0 Å². The Morgan fingerprint density at radius 2 is 1.80 bits per heavy atom. The van der Waals surface area contributed by atoms with Crippen LogP contribution in [0.1, 0.15) is 59.3 Å². The number of aromatic nitrogens is 1. The molecule has 2 aromatic carbocycles. The highest BCUT2D eigenvalue weighted by atomic mass is 35.5. The highest BCUT2D eigenvalue weighted by Crippen LogP contribution is 2.37. The molecule has 2 amide bonds. The van der Waals surface area contributed by atoms with Gasteiger partial charge in [-0.1, -0.05) is 29.3 Å². The Morgan fingerprint density at radius 1 is 1.07 bits per heavy atom. The maximum Gasteiger partial charge on any atom is 0.256 e. The number of alkyl halides is 1. The summed E-state index contributed by atoms with van der Waals surface area (Å²) in [6, 6.07) is 9.45. The van der Waals surface area contributed by atoms with Crippen LogP contribution in [0.15, 0.2) is 41.3 Å². The van der Waals surface area contributed by atoms with Gasteiger partial charge in [0.15, 0.2) is 9.84 Å². The minimum atomic E-state index is -3.85. The van der Waals surface area contributed by atoms with Crippen LogP contribution in [0.3, 0.4) is 0 Å². The van der Waals surface area contributed by atoms with E-state index in [2.05, 4.69) is 15.2 Å². The molecule has 0 saturated carbocycles. The van der Waals surface area contributed by atoms with Crippen molar-refractivity contribution in [2.75, 3.05) is 31.5 Å². The highest BCUT2D eigenvalue weighted by Gasteiger charge is 2.33. The van der Waals surface area contributed by atoms with Gasteiger partial charge in [-0.3, -0.25) is 14.5 Å². The normalized spacial score (nSPS) is 21.2. The van der Waals surface area contributed by atoms with Gasteiger partial charge in [0.2, 0.25) is 5.91 Å². The van der Waals surface area contributed by atoms with Crippen LogP contribution in [0.5, 0.6) is 0 Å². The first-order chi connectivity index (χ1) is 21.9. The van der Waals surface area contributed by atoms with Crippen molar-refractivity contribution in [2.24, 2.45) is 0 Å². The first kappa shape index (κ1) is 32.7. The molecule has 244 valence electrons. The molecule has 3 aliphatic heterocycles. The predicted molar refractivity (Wildman–Crippen MR) is 180 cm³/mol. The van der Waals surface area contributed by atoms with Crippen LogP contribution in [0.2, 0.25) is 10.0 Å². The molecule has 2 fully saturated rings. The lowest BCUT2D eigenvalue weighted by Crippen LogP contribution is -2.47. The third kappa shape index (κ3) is 6.63. The molecule has 0 radical (unpaired) electrons. The number of H-pyrrole nitrogens is 1. The third-order valence-electron chi connectivity index (χ3n) is 9.39. The average Bonchev–Trinajstić information content (AvgIpc) is 3.67. The number of aromatic amines is 1. The standard InChI is InChI=1S/C34H37Cl2FN4O4S/c1-20-25(16-33(42)41-13-5-7-23(41)18-40-12-4-6-22(37)17-40)21(2)38-32(20)15-27-26-14-24(10-11-31(26)39-34(27)43)46(44,45)19-28-29(35)8-3-9-30(28)36/h3,8-11,14-15,22-23,38H,4-7,12-13,16-19H2,1-2H3,(H,39,43)/t22?,23-/m0/s1. The largest absolute Gasteiger partial charge is 0.359 e. The molecule has 2 atom stereocenters. The third-order valence-corrected chi connectivity index (χ3v) is 11.7. The van der Waals surface area contributed by atoms with Crippen molar-refractivity contribution >= 4 is 62.2 Å². The molecule has 3 aromatic rings. The van der Waals surface area contributed by atoms with Crippen molar-refractivity contribution in [2.45, 2.75) is 68.8 Å². The number of rotatable bonds is 8. The fourth-order valence-electron chi connectivity index (χ4n) is 6.89. The van der Waals surface area contributed by atoms with Crippen LogP contribution in [0.25, 0.3) is 11.6 Å². The van der Waals surface area contributed by atoms with E-state index in [9.17, 15) is 22.4 Å². The minimum absolute atomic E-state index is 0.0399. The minimum Gasteiger partial charge on any atom is -0.359 e. The van der Waals surface area contributed by atoms with Crippen LogP contribution in [0, 0.1) is 13.8 Å². The zero-order chi connectivity index (χ0) is 32.7. The number of benzene rings is 2. The van der Waals surface area contributed by atoms with Crippen molar-refractivity contribution < 1.29 is 22.4 Å².